The second kappa shape index (κ2) is 5.36. The van der Waals surface area contributed by atoms with E-state index in [0.29, 0.717) is 0 Å². The van der Waals surface area contributed by atoms with Crippen LogP contribution in [0.2, 0.25) is 0 Å². The van der Waals surface area contributed by atoms with E-state index in [1.165, 1.54) is 0 Å². The molecule has 2 rings (SSSR count). The molecule has 3 N–H and O–H groups in total. The van der Waals surface area contributed by atoms with Crippen molar-refractivity contribution in [2.75, 3.05) is 13.1 Å². The Labute approximate surface area is 103 Å². The number of piperidine rings is 1. The highest BCUT2D eigenvalue weighted by Crippen LogP contribution is 2.29. The van der Waals surface area contributed by atoms with Gasteiger partial charge in [-0.25, -0.2) is 0 Å². The Morgan fingerprint density at radius 3 is 2.41 bits per heavy atom. The molecule has 98 valence electrons. The van der Waals surface area contributed by atoms with Crippen LogP contribution in [0, 0.1) is 5.41 Å². The number of carbonyl (C=O) groups is 1. The van der Waals surface area contributed by atoms with Gasteiger partial charge in [0.25, 0.3) is 0 Å². The summed E-state index contributed by atoms with van der Waals surface area (Å²) < 4.78 is 0. The molecule has 1 heterocycles. The molecule has 4 nitrogen and oxygen atoms in total. The molecule has 17 heavy (non-hydrogen) atoms. The minimum absolute atomic E-state index is 0.155. The predicted molar refractivity (Wildman–Crippen MR) is 66.6 cm³/mol. The molecule has 1 saturated heterocycles. The van der Waals surface area contributed by atoms with Crippen LogP contribution in [0.4, 0.5) is 0 Å². The molecule has 0 bridgehead atoms. The van der Waals surface area contributed by atoms with Crippen LogP contribution in [0.1, 0.15) is 45.4 Å². The monoisotopic (exact) mass is 240 g/mol. The molecule has 0 radical (unpaired) electrons. The lowest BCUT2D eigenvalue weighted by atomic mass is 9.79. The van der Waals surface area contributed by atoms with Gasteiger partial charge < -0.3 is 15.7 Å². The van der Waals surface area contributed by atoms with Gasteiger partial charge in [-0.2, -0.15) is 0 Å². The van der Waals surface area contributed by atoms with Crippen molar-refractivity contribution in [2.24, 2.45) is 5.41 Å². The molecule has 1 aliphatic carbocycles. The van der Waals surface area contributed by atoms with Gasteiger partial charge >= 0.3 is 0 Å². The van der Waals surface area contributed by atoms with Crippen molar-refractivity contribution < 1.29 is 9.90 Å². The molecule has 4 heteroatoms. The molecule has 2 aliphatic rings. The van der Waals surface area contributed by atoms with E-state index >= 15 is 0 Å². The fourth-order valence-corrected chi connectivity index (χ4v) is 2.79. The Balaban J connectivity index is 1.83. The maximum absolute atomic E-state index is 12.3. The van der Waals surface area contributed by atoms with Crippen LogP contribution < -0.4 is 10.6 Å². The zero-order valence-electron chi connectivity index (χ0n) is 10.7. The van der Waals surface area contributed by atoms with Gasteiger partial charge in [0.2, 0.25) is 5.91 Å². The summed E-state index contributed by atoms with van der Waals surface area (Å²) in [7, 11) is 0. The second-order valence-electron chi connectivity index (χ2n) is 5.79. The average molecular weight is 240 g/mol. The SMILES string of the molecule is CC1(C(=O)NC2CCC(O)CC2)CCNCC1. The number of hydrogen-bond donors (Lipinski definition) is 3. The molecule has 0 atom stereocenters. The van der Waals surface area contributed by atoms with Crippen LogP contribution in [0.15, 0.2) is 0 Å². The quantitative estimate of drug-likeness (QED) is 0.669. The van der Waals surface area contributed by atoms with E-state index < -0.39 is 0 Å². The van der Waals surface area contributed by atoms with Crippen LogP contribution in [0.3, 0.4) is 0 Å². The van der Waals surface area contributed by atoms with E-state index in [1.807, 2.05) is 0 Å². The molecule has 0 unspecified atom stereocenters. The third-order valence-corrected chi connectivity index (χ3v) is 4.29. The number of amides is 1. The summed E-state index contributed by atoms with van der Waals surface area (Å²) >= 11 is 0. The largest absolute Gasteiger partial charge is 0.393 e. The summed E-state index contributed by atoms with van der Waals surface area (Å²) in [6.07, 6.45) is 5.18. The van der Waals surface area contributed by atoms with Gasteiger partial charge in [0.05, 0.1) is 6.10 Å². The number of aliphatic hydroxyl groups excluding tert-OH is 1. The summed E-state index contributed by atoms with van der Waals surface area (Å²) in [6.45, 7) is 3.95. The van der Waals surface area contributed by atoms with Gasteiger partial charge in [0, 0.05) is 11.5 Å². The summed E-state index contributed by atoms with van der Waals surface area (Å²) in [4.78, 5) is 12.3. The van der Waals surface area contributed by atoms with Gasteiger partial charge in [0.1, 0.15) is 0 Å². The predicted octanol–water partition coefficient (Wildman–Crippen LogP) is 0.796. The van der Waals surface area contributed by atoms with E-state index in [2.05, 4.69) is 17.6 Å². The molecule has 0 aromatic carbocycles. The van der Waals surface area contributed by atoms with Gasteiger partial charge in [-0.15, -0.1) is 0 Å². The van der Waals surface area contributed by atoms with Crippen LogP contribution >= 0.6 is 0 Å². The van der Waals surface area contributed by atoms with E-state index in [9.17, 15) is 9.90 Å². The molecule has 2 fully saturated rings. The molecule has 0 aromatic heterocycles. The van der Waals surface area contributed by atoms with Gasteiger partial charge in [-0.05, 0) is 51.6 Å². The molecule has 1 aliphatic heterocycles. The first kappa shape index (κ1) is 12.8. The van der Waals surface area contributed by atoms with Crippen molar-refractivity contribution in [3.63, 3.8) is 0 Å². The molecular weight excluding hydrogens is 216 g/mol. The lowest BCUT2D eigenvalue weighted by Crippen LogP contribution is -2.49. The topological polar surface area (TPSA) is 61.4 Å². The summed E-state index contributed by atoms with van der Waals surface area (Å²) in [6, 6.07) is 0.276. The lowest BCUT2D eigenvalue weighted by molar-refractivity contribution is -0.132. The van der Waals surface area contributed by atoms with E-state index in [4.69, 9.17) is 0 Å². The van der Waals surface area contributed by atoms with Crippen LogP contribution in [-0.4, -0.2) is 36.2 Å². The third-order valence-electron chi connectivity index (χ3n) is 4.29. The highest BCUT2D eigenvalue weighted by Gasteiger charge is 2.35. The maximum Gasteiger partial charge on any atom is 0.226 e. The fraction of sp³-hybridized carbons (Fsp3) is 0.923. The molecular formula is C13H24N2O2. The first-order valence-corrected chi connectivity index (χ1v) is 6.80. The number of aliphatic hydroxyl groups is 1. The number of hydrogen-bond acceptors (Lipinski definition) is 3. The normalized spacial score (nSPS) is 33.1. The third kappa shape index (κ3) is 3.19. The van der Waals surface area contributed by atoms with E-state index in [-0.39, 0.29) is 23.5 Å². The van der Waals surface area contributed by atoms with Crippen LogP contribution in [0.5, 0.6) is 0 Å². The average Bonchev–Trinajstić information content (AvgIpc) is 2.33. The molecule has 1 amide bonds. The highest BCUT2D eigenvalue weighted by molar-refractivity contribution is 5.82. The Bertz CT molecular complexity index is 267. The van der Waals surface area contributed by atoms with Crippen molar-refractivity contribution in [3.8, 4) is 0 Å². The Kier molecular flexibility index (Phi) is 4.05. The zero-order valence-corrected chi connectivity index (χ0v) is 10.7. The van der Waals surface area contributed by atoms with E-state index in [1.54, 1.807) is 0 Å². The number of rotatable bonds is 2. The van der Waals surface area contributed by atoms with Crippen molar-refractivity contribution in [1.29, 1.82) is 0 Å². The highest BCUT2D eigenvalue weighted by atomic mass is 16.3. The van der Waals surface area contributed by atoms with Crippen LogP contribution in [-0.2, 0) is 4.79 Å². The van der Waals surface area contributed by atoms with Crippen molar-refractivity contribution in [1.82, 2.24) is 10.6 Å². The number of nitrogens with one attached hydrogen (secondary N) is 2. The first-order valence-electron chi connectivity index (χ1n) is 6.80. The minimum atomic E-state index is -0.193. The van der Waals surface area contributed by atoms with Gasteiger partial charge in [-0.3, -0.25) is 4.79 Å². The van der Waals surface area contributed by atoms with Gasteiger partial charge in [0.15, 0.2) is 0 Å². The van der Waals surface area contributed by atoms with Crippen molar-refractivity contribution in [2.45, 2.75) is 57.6 Å². The summed E-state index contributed by atoms with van der Waals surface area (Å²) in [5.74, 6) is 0.209. The van der Waals surface area contributed by atoms with Crippen molar-refractivity contribution in [3.05, 3.63) is 0 Å². The molecule has 1 saturated carbocycles. The standard InChI is InChI=1S/C13H24N2O2/c1-13(6-8-14-9-7-13)12(17)15-10-2-4-11(16)5-3-10/h10-11,14,16H,2-9H2,1H3,(H,15,17). The second-order valence-corrected chi connectivity index (χ2v) is 5.79. The van der Waals surface area contributed by atoms with Crippen molar-refractivity contribution >= 4 is 5.91 Å². The van der Waals surface area contributed by atoms with Crippen LogP contribution in [0.25, 0.3) is 0 Å². The Morgan fingerprint density at radius 2 is 1.82 bits per heavy atom. The van der Waals surface area contributed by atoms with E-state index in [0.717, 1.165) is 51.6 Å². The smallest absolute Gasteiger partial charge is 0.226 e. The van der Waals surface area contributed by atoms with Gasteiger partial charge in [-0.1, -0.05) is 6.92 Å². The fourth-order valence-electron chi connectivity index (χ4n) is 2.79. The minimum Gasteiger partial charge on any atom is -0.393 e. The summed E-state index contributed by atoms with van der Waals surface area (Å²) in [5.41, 5.74) is -0.193. The molecule has 0 spiro atoms. The Hall–Kier alpha value is -0.610. The maximum atomic E-state index is 12.3. The lowest BCUT2D eigenvalue weighted by Gasteiger charge is -2.35. The zero-order chi connectivity index (χ0) is 12.3. The molecule has 0 aromatic rings. The Morgan fingerprint density at radius 1 is 1.24 bits per heavy atom. The first-order chi connectivity index (χ1) is 8.10. The summed E-state index contributed by atoms with van der Waals surface area (Å²) in [5, 5.41) is 15.9. The number of carbonyl (C=O) groups excluding carboxylic acids is 1.